The molecule has 1 heterocycles. The Balaban J connectivity index is 2.39. The molecule has 0 saturated carbocycles. The molecule has 1 unspecified atom stereocenters. The van der Waals surface area contributed by atoms with Crippen LogP contribution in [0.2, 0.25) is 0 Å². The molecular formula is C16H32N2O2. The summed E-state index contributed by atoms with van der Waals surface area (Å²) in [6.45, 7) is 10.6. The smallest absolute Gasteiger partial charge is 0.324 e. The second-order valence-corrected chi connectivity index (χ2v) is 5.79. The lowest BCUT2D eigenvalue weighted by molar-refractivity contribution is -0.146. The van der Waals surface area contributed by atoms with Gasteiger partial charge in [-0.25, -0.2) is 0 Å². The third-order valence-electron chi connectivity index (χ3n) is 4.06. The lowest BCUT2D eigenvalue weighted by Gasteiger charge is -2.33. The van der Waals surface area contributed by atoms with E-state index in [4.69, 9.17) is 4.74 Å². The van der Waals surface area contributed by atoms with Crippen molar-refractivity contribution < 1.29 is 9.53 Å². The van der Waals surface area contributed by atoms with Gasteiger partial charge in [0.15, 0.2) is 0 Å². The Hall–Kier alpha value is -0.610. The van der Waals surface area contributed by atoms with Crippen LogP contribution in [0.1, 0.15) is 52.9 Å². The van der Waals surface area contributed by atoms with Gasteiger partial charge in [-0.1, -0.05) is 26.7 Å². The zero-order valence-corrected chi connectivity index (χ0v) is 13.5. The second kappa shape index (κ2) is 10.2. The number of nitrogens with zero attached hydrogens (tertiary/aromatic N) is 1. The van der Waals surface area contributed by atoms with Crippen LogP contribution >= 0.6 is 0 Å². The van der Waals surface area contributed by atoms with E-state index in [1.54, 1.807) is 0 Å². The van der Waals surface area contributed by atoms with E-state index in [0.717, 1.165) is 38.5 Å². The van der Waals surface area contributed by atoms with Crippen molar-refractivity contribution in [2.75, 3.05) is 32.8 Å². The maximum Gasteiger partial charge on any atom is 0.324 e. The molecule has 0 spiro atoms. The Kier molecular flexibility index (Phi) is 8.86. The highest BCUT2D eigenvalue weighted by molar-refractivity contribution is 5.76. The molecular weight excluding hydrogens is 252 g/mol. The summed E-state index contributed by atoms with van der Waals surface area (Å²) in [4.78, 5) is 14.4. The Bertz CT molecular complexity index is 263. The number of likely N-dealkylation sites (tertiary alicyclic amines) is 1. The zero-order chi connectivity index (χ0) is 14.8. The molecule has 1 atom stereocenters. The molecule has 0 aromatic carbocycles. The van der Waals surface area contributed by atoms with Crippen molar-refractivity contribution in [3.8, 4) is 0 Å². The maximum absolute atomic E-state index is 12.0. The molecule has 0 amide bonds. The average Bonchev–Trinajstić information content (AvgIpc) is 2.45. The van der Waals surface area contributed by atoms with Gasteiger partial charge in [-0.2, -0.15) is 0 Å². The Morgan fingerprint density at radius 3 is 2.50 bits per heavy atom. The van der Waals surface area contributed by atoms with Gasteiger partial charge in [-0.15, -0.1) is 0 Å². The number of nitrogens with one attached hydrogen (secondary N) is 1. The highest BCUT2D eigenvalue weighted by Crippen LogP contribution is 2.21. The average molecular weight is 284 g/mol. The van der Waals surface area contributed by atoms with E-state index >= 15 is 0 Å². The monoisotopic (exact) mass is 284 g/mol. The maximum atomic E-state index is 12.0. The van der Waals surface area contributed by atoms with Gasteiger partial charge >= 0.3 is 5.97 Å². The van der Waals surface area contributed by atoms with E-state index in [9.17, 15) is 4.79 Å². The molecule has 0 radical (unpaired) electrons. The Morgan fingerprint density at radius 1 is 1.25 bits per heavy atom. The minimum Gasteiger partial charge on any atom is -0.465 e. The van der Waals surface area contributed by atoms with Crippen molar-refractivity contribution in [3.05, 3.63) is 0 Å². The highest BCUT2D eigenvalue weighted by Gasteiger charge is 2.25. The van der Waals surface area contributed by atoms with Gasteiger partial charge in [0.05, 0.1) is 6.61 Å². The molecule has 118 valence electrons. The molecule has 0 aliphatic carbocycles. The minimum atomic E-state index is -0.169. The first-order valence-corrected chi connectivity index (χ1v) is 8.33. The molecule has 0 aromatic heterocycles. The van der Waals surface area contributed by atoms with Gasteiger partial charge in [0.25, 0.3) is 0 Å². The molecule has 1 rings (SSSR count). The number of esters is 1. The number of carbonyl (C=O) groups excluding carboxylic acids is 1. The van der Waals surface area contributed by atoms with Crippen molar-refractivity contribution >= 4 is 5.97 Å². The van der Waals surface area contributed by atoms with Gasteiger partial charge in [-0.05, 0) is 51.7 Å². The van der Waals surface area contributed by atoms with E-state index in [-0.39, 0.29) is 12.0 Å². The van der Waals surface area contributed by atoms with Gasteiger partial charge in [0.2, 0.25) is 0 Å². The number of piperidine rings is 1. The van der Waals surface area contributed by atoms with Crippen LogP contribution in [0.15, 0.2) is 0 Å². The fourth-order valence-electron chi connectivity index (χ4n) is 2.91. The summed E-state index contributed by atoms with van der Waals surface area (Å²) < 4.78 is 5.17. The molecule has 0 aromatic rings. The number of hydrogen-bond acceptors (Lipinski definition) is 4. The predicted octanol–water partition coefficient (Wildman–Crippen LogP) is 2.43. The summed E-state index contributed by atoms with van der Waals surface area (Å²) in [7, 11) is 0. The molecule has 1 saturated heterocycles. The van der Waals surface area contributed by atoms with Crippen molar-refractivity contribution in [1.29, 1.82) is 0 Å². The topological polar surface area (TPSA) is 41.6 Å². The van der Waals surface area contributed by atoms with Crippen LogP contribution in [0.25, 0.3) is 0 Å². The molecule has 1 fully saturated rings. The summed E-state index contributed by atoms with van der Waals surface area (Å²) >= 11 is 0. The second-order valence-electron chi connectivity index (χ2n) is 5.79. The van der Waals surface area contributed by atoms with Crippen LogP contribution in [0.5, 0.6) is 0 Å². The number of ether oxygens (including phenoxy) is 1. The summed E-state index contributed by atoms with van der Waals surface area (Å²) in [5.74, 6) is 0.789. The standard InChI is InChI=1S/C16H32N2O2/c1-4-7-14-8-11-18(12-9-14)13-15(17-10-5-2)16(19)20-6-3/h14-15,17H,4-13H2,1-3H3. The normalized spacial score (nSPS) is 18.9. The van der Waals surface area contributed by atoms with Crippen LogP contribution in [0.4, 0.5) is 0 Å². The van der Waals surface area contributed by atoms with Gasteiger partial charge in [-0.3, -0.25) is 4.79 Å². The quantitative estimate of drug-likeness (QED) is 0.660. The summed E-state index contributed by atoms with van der Waals surface area (Å²) in [6, 6.07) is -0.169. The molecule has 20 heavy (non-hydrogen) atoms. The van der Waals surface area contributed by atoms with Crippen LogP contribution in [0, 0.1) is 5.92 Å². The van der Waals surface area contributed by atoms with E-state index in [1.807, 2.05) is 6.92 Å². The third kappa shape index (κ3) is 6.23. The molecule has 0 bridgehead atoms. The summed E-state index contributed by atoms with van der Waals surface area (Å²) in [5, 5.41) is 3.32. The highest BCUT2D eigenvalue weighted by atomic mass is 16.5. The fraction of sp³-hybridized carbons (Fsp3) is 0.938. The van der Waals surface area contributed by atoms with Crippen LogP contribution in [-0.4, -0.2) is 49.7 Å². The van der Waals surface area contributed by atoms with Crippen molar-refractivity contribution in [1.82, 2.24) is 10.2 Å². The van der Waals surface area contributed by atoms with Crippen LogP contribution < -0.4 is 5.32 Å². The number of hydrogen-bond donors (Lipinski definition) is 1. The van der Waals surface area contributed by atoms with E-state index in [1.165, 1.54) is 25.7 Å². The Morgan fingerprint density at radius 2 is 1.95 bits per heavy atom. The molecule has 1 aliphatic heterocycles. The SMILES string of the molecule is CCCNC(CN1CCC(CCC)CC1)C(=O)OCC. The van der Waals surface area contributed by atoms with Gasteiger partial charge in [0, 0.05) is 6.54 Å². The van der Waals surface area contributed by atoms with Gasteiger partial charge in [0.1, 0.15) is 6.04 Å². The first-order chi connectivity index (χ1) is 9.71. The zero-order valence-electron chi connectivity index (χ0n) is 13.5. The van der Waals surface area contributed by atoms with E-state index < -0.39 is 0 Å². The minimum absolute atomic E-state index is 0.100. The van der Waals surface area contributed by atoms with Crippen molar-refractivity contribution in [2.24, 2.45) is 5.92 Å². The summed E-state index contributed by atoms with van der Waals surface area (Å²) in [5.41, 5.74) is 0. The fourth-order valence-corrected chi connectivity index (χ4v) is 2.91. The van der Waals surface area contributed by atoms with Crippen molar-refractivity contribution in [3.63, 3.8) is 0 Å². The Labute approximate surface area is 124 Å². The number of carbonyl (C=O) groups is 1. The molecule has 4 nitrogen and oxygen atoms in total. The van der Waals surface area contributed by atoms with Crippen molar-refractivity contribution in [2.45, 2.75) is 58.9 Å². The van der Waals surface area contributed by atoms with Crippen LogP contribution in [-0.2, 0) is 9.53 Å². The first-order valence-electron chi connectivity index (χ1n) is 8.33. The van der Waals surface area contributed by atoms with E-state index in [2.05, 4.69) is 24.1 Å². The molecule has 4 heteroatoms. The molecule has 1 N–H and O–H groups in total. The summed E-state index contributed by atoms with van der Waals surface area (Å²) in [6.07, 6.45) is 6.22. The molecule has 1 aliphatic rings. The lowest BCUT2D eigenvalue weighted by atomic mass is 9.92. The largest absolute Gasteiger partial charge is 0.465 e. The number of rotatable bonds is 9. The lowest BCUT2D eigenvalue weighted by Crippen LogP contribution is -2.49. The third-order valence-corrected chi connectivity index (χ3v) is 4.06. The predicted molar refractivity (Wildman–Crippen MR) is 82.8 cm³/mol. The van der Waals surface area contributed by atoms with E-state index in [0.29, 0.717) is 6.61 Å². The van der Waals surface area contributed by atoms with Gasteiger partial charge < -0.3 is 15.0 Å². The first kappa shape index (κ1) is 17.4. The van der Waals surface area contributed by atoms with Crippen LogP contribution in [0.3, 0.4) is 0 Å².